The molecule has 1 fully saturated rings. The van der Waals surface area contributed by atoms with Crippen LogP contribution in [0.4, 0.5) is 0 Å². The first kappa shape index (κ1) is 28.0. The molecule has 1 aromatic rings. The molecule has 4 heteroatoms. The molecule has 0 aromatic heterocycles. The maximum Gasteiger partial charge on any atom is 0.0743 e. The molecule has 1 heterocycles. The monoisotopic (exact) mass is 442 g/mol. The van der Waals surface area contributed by atoms with Crippen molar-refractivity contribution in [2.75, 3.05) is 6.54 Å². The van der Waals surface area contributed by atoms with Gasteiger partial charge in [-0.25, -0.2) is 0 Å². The predicted octanol–water partition coefficient (Wildman–Crippen LogP) is 5.79. The molecule has 1 aliphatic heterocycles. The van der Waals surface area contributed by atoms with Crippen molar-refractivity contribution >= 4 is 0 Å². The highest BCUT2D eigenvalue weighted by molar-refractivity contribution is 5.18. The average molecular weight is 443 g/mol. The van der Waals surface area contributed by atoms with E-state index >= 15 is 0 Å². The first-order chi connectivity index (χ1) is 15.0. The number of likely N-dealkylation sites (tertiary alicyclic amines) is 1. The third kappa shape index (κ3) is 12.7. The highest BCUT2D eigenvalue weighted by Gasteiger charge is 2.22. The van der Waals surface area contributed by atoms with Crippen LogP contribution in [0.2, 0.25) is 0 Å². The maximum absolute atomic E-state index is 10.1. The second-order valence-electron chi connectivity index (χ2n) is 10.4. The molecule has 0 aliphatic carbocycles. The number of nitrogens with one attached hydrogen (secondary N) is 1. The average Bonchev–Trinajstić information content (AvgIpc) is 2.69. The lowest BCUT2D eigenvalue weighted by Gasteiger charge is -2.35. The molecule has 32 heavy (non-hydrogen) atoms. The van der Waals surface area contributed by atoms with E-state index in [1.807, 2.05) is 6.07 Å². The third-order valence-corrected chi connectivity index (χ3v) is 5.09. The van der Waals surface area contributed by atoms with E-state index in [1.165, 1.54) is 24.5 Å². The van der Waals surface area contributed by atoms with Crippen molar-refractivity contribution in [1.82, 2.24) is 10.2 Å². The Morgan fingerprint density at radius 1 is 1.16 bits per heavy atom. The zero-order chi connectivity index (χ0) is 24.1. The molecule has 3 N–H and O–H groups in total. The van der Waals surface area contributed by atoms with Crippen molar-refractivity contribution in [3.05, 3.63) is 73.1 Å². The number of nitrogens with zero attached hydrogens (tertiary/aromatic N) is 1. The summed E-state index contributed by atoms with van der Waals surface area (Å²) in [4.78, 5) is 2.36. The summed E-state index contributed by atoms with van der Waals surface area (Å²) in [6.45, 7) is 22.6. The van der Waals surface area contributed by atoms with Gasteiger partial charge in [0, 0.05) is 37.3 Å². The van der Waals surface area contributed by atoms with Gasteiger partial charge in [0.2, 0.25) is 0 Å². The van der Waals surface area contributed by atoms with E-state index in [1.54, 1.807) is 0 Å². The highest BCUT2D eigenvalue weighted by atomic mass is 16.3. The molecule has 2 rings (SSSR count). The van der Waals surface area contributed by atoms with Crippen molar-refractivity contribution in [2.24, 2.45) is 5.41 Å². The number of aliphatic hydroxyl groups is 2. The Kier molecular flexibility index (Phi) is 12.4. The van der Waals surface area contributed by atoms with E-state index < -0.39 is 12.2 Å². The zero-order valence-electron chi connectivity index (χ0n) is 20.8. The lowest BCUT2D eigenvalue weighted by Crippen LogP contribution is -2.40. The summed E-state index contributed by atoms with van der Waals surface area (Å²) in [6, 6.07) is 10.6. The summed E-state index contributed by atoms with van der Waals surface area (Å²) < 4.78 is 0. The van der Waals surface area contributed by atoms with Gasteiger partial charge in [-0.15, -0.1) is 6.58 Å². The van der Waals surface area contributed by atoms with Crippen LogP contribution < -0.4 is 5.32 Å². The summed E-state index contributed by atoms with van der Waals surface area (Å²) >= 11 is 0. The van der Waals surface area contributed by atoms with Gasteiger partial charge in [0.1, 0.15) is 0 Å². The molecule has 1 saturated heterocycles. The molecule has 0 bridgehead atoms. The van der Waals surface area contributed by atoms with Crippen LogP contribution >= 0.6 is 0 Å². The Balaban J connectivity index is 0.000000920. The fourth-order valence-electron chi connectivity index (χ4n) is 3.55. The van der Waals surface area contributed by atoms with E-state index in [0.717, 1.165) is 37.3 Å². The zero-order valence-corrected chi connectivity index (χ0v) is 20.8. The van der Waals surface area contributed by atoms with Crippen LogP contribution in [-0.4, -0.2) is 39.9 Å². The number of hydrogen-bond acceptors (Lipinski definition) is 4. The van der Waals surface area contributed by atoms with Crippen LogP contribution in [0, 0.1) is 5.41 Å². The first-order valence-corrected chi connectivity index (χ1v) is 11.9. The molecular formula is C28H46N2O2. The molecule has 3 atom stereocenters. The van der Waals surface area contributed by atoms with Crippen LogP contribution in [-0.2, 0) is 6.54 Å². The van der Waals surface area contributed by atoms with Gasteiger partial charge in [-0.3, -0.25) is 0 Å². The normalized spacial score (nSPS) is 19.0. The van der Waals surface area contributed by atoms with Crippen LogP contribution in [0.15, 0.2) is 67.5 Å². The summed E-state index contributed by atoms with van der Waals surface area (Å²) in [5, 5.41) is 23.2. The van der Waals surface area contributed by atoms with Crippen LogP contribution in [0.1, 0.15) is 71.8 Å². The molecule has 0 amide bonds. The quantitative estimate of drug-likeness (QED) is 0.424. The van der Waals surface area contributed by atoms with Gasteiger partial charge in [0.05, 0.1) is 18.2 Å². The Labute approximate surface area is 196 Å². The summed E-state index contributed by atoms with van der Waals surface area (Å²) in [6.07, 6.45) is 5.34. The van der Waals surface area contributed by atoms with Crippen LogP contribution in [0.25, 0.3) is 0 Å². The van der Waals surface area contributed by atoms with Gasteiger partial charge < -0.3 is 20.4 Å². The Morgan fingerprint density at radius 3 is 2.38 bits per heavy atom. The van der Waals surface area contributed by atoms with Crippen molar-refractivity contribution < 1.29 is 10.2 Å². The van der Waals surface area contributed by atoms with Crippen molar-refractivity contribution in [1.29, 1.82) is 0 Å². The molecule has 4 nitrogen and oxygen atoms in total. The summed E-state index contributed by atoms with van der Waals surface area (Å²) in [5.41, 5.74) is 3.65. The van der Waals surface area contributed by atoms with Crippen LogP contribution in [0.3, 0.4) is 0 Å². The fourth-order valence-corrected chi connectivity index (χ4v) is 3.55. The summed E-state index contributed by atoms with van der Waals surface area (Å²) in [5.74, 6) is 0. The molecular weight excluding hydrogens is 396 g/mol. The van der Waals surface area contributed by atoms with Gasteiger partial charge in [-0.1, -0.05) is 90.1 Å². The lowest BCUT2D eigenvalue weighted by atomic mass is 9.99. The van der Waals surface area contributed by atoms with Gasteiger partial charge in [0.25, 0.3) is 0 Å². The highest BCUT2D eigenvalue weighted by Crippen LogP contribution is 2.23. The van der Waals surface area contributed by atoms with E-state index in [-0.39, 0.29) is 12.5 Å². The summed E-state index contributed by atoms with van der Waals surface area (Å²) in [7, 11) is 0. The minimum atomic E-state index is -0.689. The Morgan fingerprint density at radius 2 is 1.78 bits per heavy atom. The number of hydrogen-bond donors (Lipinski definition) is 3. The molecule has 1 aliphatic rings. The van der Waals surface area contributed by atoms with Crippen molar-refractivity contribution in [3.8, 4) is 0 Å². The van der Waals surface area contributed by atoms with Gasteiger partial charge >= 0.3 is 0 Å². The van der Waals surface area contributed by atoms with Gasteiger partial charge in [-0.2, -0.15) is 0 Å². The predicted molar refractivity (Wildman–Crippen MR) is 137 cm³/mol. The molecule has 3 unspecified atom stereocenters. The standard InChI is InChI=1S/C23H34N2O2.C5H12/c1-4-21(26)16-22(27)15-18(2)24-23-13-9-6-10-14-25(19(23)3)17-20-11-7-5-8-12-20;1-5(2,3)4/h4-5,7-8,11-12,21-24,26-27H,1-3,6,9-10,13-17H2;1-4H3. The van der Waals surface area contributed by atoms with Crippen LogP contribution in [0.5, 0.6) is 0 Å². The largest absolute Gasteiger partial charge is 0.393 e. The second kappa shape index (κ2) is 14.2. The van der Waals surface area contributed by atoms with Gasteiger partial charge in [0.15, 0.2) is 0 Å². The number of benzene rings is 1. The topological polar surface area (TPSA) is 55.7 Å². The first-order valence-electron chi connectivity index (χ1n) is 11.9. The van der Waals surface area contributed by atoms with E-state index in [0.29, 0.717) is 11.8 Å². The Bertz CT molecular complexity index is 687. The maximum atomic E-state index is 10.1. The molecule has 180 valence electrons. The minimum absolute atomic E-state index is 0.123. The van der Waals surface area contributed by atoms with E-state index in [9.17, 15) is 10.2 Å². The lowest BCUT2D eigenvalue weighted by molar-refractivity contribution is 0.103. The number of rotatable bonds is 9. The third-order valence-electron chi connectivity index (χ3n) is 5.09. The fraction of sp³-hybridized carbons (Fsp3) is 0.571. The smallest absolute Gasteiger partial charge is 0.0743 e. The van der Waals surface area contributed by atoms with E-state index in [4.69, 9.17) is 0 Å². The number of aliphatic hydroxyl groups excluding tert-OH is 2. The van der Waals surface area contributed by atoms with Crippen molar-refractivity contribution in [3.63, 3.8) is 0 Å². The molecule has 0 spiro atoms. The second-order valence-corrected chi connectivity index (χ2v) is 10.4. The molecule has 1 aromatic carbocycles. The van der Waals surface area contributed by atoms with Gasteiger partial charge in [-0.05, 0) is 23.8 Å². The molecule has 0 saturated carbocycles. The minimum Gasteiger partial charge on any atom is -0.393 e. The Hall–Kier alpha value is -2.04. The van der Waals surface area contributed by atoms with E-state index in [2.05, 4.69) is 81.9 Å². The molecule has 0 radical (unpaired) electrons. The van der Waals surface area contributed by atoms with Crippen molar-refractivity contribution in [2.45, 2.75) is 91.0 Å². The SMILES string of the molecule is C=CC(O)CC(O)CC(=C)NC1CCCCCN(Cc2ccccc2)C1=C.CC(C)(C)C.